The Kier molecular flexibility index (Phi) is 7.20. The zero-order chi connectivity index (χ0) is 26.2. The van der Waals surface area contributed by atoms with Crippen molar-refractivity contribution < 1.29 is 9.84 Å². The first-order chi connectivity index (χ1) is 18.5. The first kappa shape index (κ1) is 25.5. The van der Waals surface area contributed by atoms with Crippen LogP contribution in [0.4, 0.5) is 11.5 Å². The molecule has 3 aromatic rings. The number of aromatic hydroxyl groups is 1. The van der Waals surface area contributed by atoms with Gasteiger partial charge in [0, 0.05) is 59.8 Å². The second-order valence-electron chi connectivity index (χ2n) is 11.0. The monoisotopic (exact) mass is 536 g/mol. The second-order valence-corrected chi connectivity index (χ2v) is 11.3. The van der Waals surface area contributed by atoms with Gasteiger partial charge in [0.1, 0.15) is 11.6 Å². The lowest BCUT2D eigenvalue weighted by atomic mass is 10.0. The summed E-state index contributed by atoms with van der Waals surface area (Å²) in [7, 11) is 0. The van der Waals surface area contributed by atoms with Gasteiger partial charge >= 0.3 is 6.01 Å². The van der Waals surface area contributed by atoms with E-state index in [1.807, 2.05) is 18.2 Å². The summed E-state index contributed by atoms with van der Waals surface area (Å²) in [6.45, 7) is 6.13. The minimum Gasteiger partial charge on any atom is -0.506 e. The van der Waals surface area contributed by atoms with Crippen LogP contribution in [0, 0.1) is 0 Å². The highest BCUT2D eigenvalue weighted by molar-refractivity contribution is 6.37. The van der Waals surface area contributed by atoms with Crippen molar-refractivity contribution in [3.8, 4) is 11.8 Å². The number of unbranched alkanes of at least 4 members (excludes halogenated alkanes) is 1. The van der Waals surface area contributed by atoms with Crippen LogP contribution in [-0.4, -0.2) is 59.4 Å². The van der Waals surface area contributed by atoms with Crippen LogP contribution >= 0.6 is 11.6 Å². The van der Waals surface area contributed by atoms with Crippen molar-refractivity contribution in [3.05, 3.63) is 46.6 Å². The number of nitrogens with two attached hydrogens (primary N) is 1. The Bertz CT molecular complexity index is 1310. The van der Waals surface area contributed by atoms with E-state index in [9.17, 15) is 5.11 Å². The summed E-state index contributed by atoms with van der Waals surface area (Å²) in [6.07, 6.45) is 6.22. The summed E-state index contributed by atoms with van der Waals surface area (Å²) in [5.41, 5.74) is 8.86. The molecule has 202 valence electrons. The Labute approximate surface area is 229 Å². The second kappa shape index (κ2) is 10.8. The van der Waals surface area contributed by atoms with Gasteiger partial charge in [-0.25, -0.2) is 0 Å². The van der Waals surface area contributed by atoms with E-state index in [-0.39, 0.29) is 11.9 Å². The number of piperazine rings is 1. The van der Waals surface area contributed by atoms with E-state index < -0.39 is 0 Å². The van der Waals surface area contributed by atoms with Crippen molar-refractivity contribution in [2.45, 2.75) is 70.2 Å². The molecule has 0 radical (unpaired) electrons. The molecule has 3 atom stereocenters. The molecule has 0 saturated carbocycles. The zero-order valence-electron chi connectivity index (χ0n) is 22.0. The fourth-order valence-electron chi connectivity index (χ4n) is 6.26. The molecular weight excluding hydrogens is 500 g/mol. The van der Waals surface area contributed by atoms with E-state index in [0.29, 0.717) is 36.2 Å². The largest absolute Gasteiger partial charge is 0.506 e. The van der Waals surface area contributed by atoms with Crippen LogP contribution in [0.15, 0.2) is 30.3 Å². The predicted molar refractivity (Wildman–Crippen MR) is 153 cm³/mol. The number of anilines is 2. The summed E-state index contributed by atoms with van der Waals surface area (Å²) < 4.78 is 6.29. The number of phenols is 1. The maximum atomic E-state index is 10.6. The smallest absolute Gasteiger partial charge is 0.318 e. The molecule has 2 saturated heterocycles. The first-order valence-electron chi connectivity index (χ1n) is 13.9. The Morgan fingerprint density at radius 2 is 1.89 bits per heavy atom. The van der Waals surface area contributed by atoms with E-state index >= 15 is 0 Å². The molecule has 1 aromatic heterocycles. The van der Waals surface area contributed by atoms with Crippen molar-refractivity contribution >= 4 is 33.9 Å². The highest BCUT2D eigenvalue weighted by atomic mass is 35.5. The number of fused-ring (bicyclic) bond motifs is 4. The summed E-state index contributed by atoms with van der Waals surface area (Å²) in [4.78, 5) is 14.7. The maximum Gasteiger partial charge on any atom is 0.318 e. The van der Waals surface area contributed by atoms with Gasteiger partial charge in [-0.15, -0.1) is 0 Å². The Morgan fingerprint density at radius 1 is 1.13 bits per heavy atom. The molecule has 9 heteroatoms. The quantitative estimate of drug-likeness (QED) is 0.365. The van der Waals surface area contributed by atoms with Crippen LogP contribution in [0.2, 0.25) is 5.02 Å². The number of rotatable bonds is 8. The number of nitrogens with one attached hydrogen (secondary N) is 1. The van der Waals surface area contributed by atoms with Gasteiger partial charge in [0.15, 0.2) is 0 Å². The lowest BCUT2D eigenvalue weighted by Gasteiger charge is -2.37. The van der Waals surface area contributed by atoms with Crippen molar-refractivity contribution in [1.82, 2.24) is 15.3 Å². The number of hydrogen-bond acceptors (Lipinski definition) is 8. The van der Waals surface area contributed by atoms with Gasteiger partial charge in [-0.05, 0) is 52.0 Å². The van der Waals surface area contributed by atoms with Gasteiger partial charge in [0.2, 0.25) is 0 Å². The SMILES string of the molecule is CC(CCCCN)Oc1nc2c(c(N3CC4CCC(C3)N4)n1)CCN(c1cc(O)c(Cl)c3ccccc13)C2. The number of phenolic OH excluding ortho intramolecular Hbond substituents is 1. The molecule has 3 unspecified atom stereocenters. The van der Waals surface area contributed by atoms with Crippen LogP contribution < -0.4 is 25.6 Å². The third-order valence-corrected chi connectivity index (χ3v) is 8.59. The van der Waals surface area contributed by atoms with Crippen LogP contribution in [0.25, 0.3) is 10.8 Å². The van der Waals surface area contributed by atoms with Gasteiger partial charge < -0.3 is 30.7 Å². The normalized spacial score (nSPS) is 21.6. The highest BCUT2D eigenvalue weighted by Crippen LogP contribution is 2.41. The molecule has 0 amide bonds. The van der Waals surface area contributed by atoms with E-state index in [1.165, 1.54) is 18.4 Å². The average molecular weight is 537 g/mol. The van der Waals surface area contributed by atoms with Crippen LogP contribution in [-0.2, 0) is 13.0 Å². The fraction of sp³-hybridized carbons (Fsp3) is 0.517. The molecule has 4 N–H and O–H groups in total. The summed E-state index contributed by atoms with van der Waals surface area (Å²) in [6, 6.07) is 11.2. The van der Waals surface area contributed by atoms with Gasteiger partial charge in [0.25, 0.3) is 0 Å². The molecule has 3 aliphatic heterocycles. The lowest BCUT2D eigenvalue weighted by Crippen LogP contribution is -2.52. The standard InChI is InChI=1S/C29H37ClN6O2/c1-18(6-4-5-12-31)38-29-33-24-17-35(25-14-26(37)27(30)22-8-3-2-7-21(22)25)13-11-23(24)28(34-29)36-15-19-9-10-20(16-36)32-19/h2-3,7-8,14,18-20,32,37H,4-6,9-13,15-17,31H2,1H3. The molecule has 2 fully saturated rings. The molecule has 6 rings (SSSR count). The maximum absolute atomic E-state index is 10.6. The summed E-state index contributed by atoms with van der Waals surface area (Å²) in [5.74, 6) is 1.13. The molecule has 3 aliphatic rings. The Balaban J connectivity index is 1.34. The number of ether oxygens (including phenoxy) is 1. The van der Waals surface area contributed by atoms with Gasteiger partial charge in [-0.3, -0.25) is 0 Å². The van der Waals surface area contributed by atoms with Crippen molar-refractivity contribution in [3.63, 3.8) is 0 Å². The average Bonchev–Trinajstić information content (AvgIpc) is 3.27. The lowest BCUT2D eigenvalue weighted by molar-refractivity contribution is 0.189. The number of benzene rings is 2. The van der Waals surface area contributed by atoms with Gasteiger partial charge in [-0.2, -0.15) is 9.97 Å². The molecule has 0 aliphatic carbocycles. The fourth-order valence-corrected chi connectivity index (χ4v) is 6.48. The first-order valence-corrected chi connectivity index (χ1v) is 14.3. The van der Waals surface area contributed by atoms with Crippen molar-refractivity contribution in [2.75, 3.05) is 36.0 Å². The van der Waals surface area contributed by atoms with Crippen molar-refractivity contribution in [1.29, 1.82) is 0 Å². The molecule has 4 heterocycles. The number of nitrogens with zero attached hydrogens (tertiary/aromatic N) is 4. The van der Waals surface area contributed by atoms with E-state index in [4.69, 9.17) is 32.0 Å². The van der Waals surface area contributed by atoms with Crippen LogP contribution in [0.1, 0.15) is 50.3 Å². The Hall–Kier alpha value is -2.81. The summed E-state index contributed by atoms with van der Waals surface area (Å²) in [5, 5.41) is 16.6. The molecule has 2 aromatic carbocycles. The van der Waals surface area contributed by atoms with Crippen LogP contribution in [0.3, 0.4) is 0 Å². The van der Waals surface area contributed by atoms with E-state index in [2.05, 4.69) is 28.1 Å². The highest BCUT2D eigenvalue weighted by Gasteiger charge is 2.35. The molecular formula is C29H37ClN6O2. The molecule has 2 bridgehead atoms. The third-order valence-electron chi connectivity index (χ3n) is 8.19. The van der Waals surface area contributed by atoms with Crippen LogP contribution in [0.5, 0.6) is 11.8 Å². The zero-order valence-corrected chi connectivity index (χ0v) is 22.8. The number of halogens is 1. The number of hydrogen-bond donors (Lipinski definition) is 3. The third kappa shape index (κ3) is 4.97. The Morgan fingerprint density at radius 3 is 2.66 bits per heavy atom. The molecule has 38 heavy (non-hydrogen) atoms. The summed E-state index contributed by atoms with van der Waals surface area (Å²) >= 11 is 6.44. The van der Waals surface area contributed by atoms with Crippen molar-refractivity contribution in [2.24, 2.45) is 5.73 Å². The van der Waals surface area contributed by atoms with E-state index in [1.54, 1.807) is 6.07 Å². The van der Waals surface area contributed by atoms with Gasteiger partial charge in [0.05, 0.1) is 23.4 Å². The molecule has 0 spiro atoms. The topological polar surface area (TPSA) is 99.8 Å². The molecule has 8 nitrogen and oxygen atoms in total. The minimum absolute atomic E-state index is 0.0171. The minimum atomic E-state index is 0.0171. The van der Waals surface area contributed by atoms with Gasteiger partial charge in [-0.1, -0.05) is 35.9 Å². The van der Waals surface area contributed by atoms with E-state index in [0.717, 1.165) is 73.3 Å². The predicted octanol–water partition coefficient (Wildman–Crippen LogP) is 4.39. The number of aromatic nitrogens is 2.